The summed E-state index contributed by atoms with van der Waals surface area (Å²) in [6.07, 6.45) is 1.60. The van der Waals surface area contributed by atoms with E-state index in [1.54, 1.807) is 24.5 Å². The van der Waals surface area contributed by atoms with Crippen LogP contribution in [-0.2, 0) is 6.54 Å². The maximum atomic E-state index is 12.4. The molecule has 3 rings (SSSR count). The van der Waals surface area contributed by atoms with Gasteiger partial charge in [-0.25, -0.2) is 0 Å². The first-order valence-corrected chi connectivity index (χ1v) is 7.96. The summed E-state index contributed by atoms with van der Waals surface area (Å²) in [4.78, 5) is 16.8. The highest BCUT2D eigenvalue weighted by atomic mass is 35.5. The maximum Gasteiger partial charge on any atom is 0.252 e. The lowest BCUT2D eigenvalue weighted by molar-refractivity contribution is 0.0841. The van der Waals surface area contributed by atoms with Crippen LogP contribution in [0.25, 0.3) is 11.4 Å². The zero-order chi connectivity index (χ0) is 17.1. The zero-order valence-corrected chi connectivity index (χ0v) is 14.1. The molecule has 0 saturated carbocycles. The first-order valence-electron chi connectivity index (χ1n) is 7.58. The van der Waals surface area contributed by atoms with Crippen LogP contribution < -0.4 is 5.32 Å². The molecule has 0 aliphatic rings. The predicted molar refractivity (Wildman–Crippen MR) is 92.0 cm³/mol. The summed E-state index contributed by atoms with van der Waals surface area (Å²) in [6, 6.07) is 10.8. The molecule has 0 bridgehead atoms. The molecule has 1 aromatic carbocycles. The Morgan fingerprint density at radius 3 is 2.67 bits per heavy atom. The fourth-order valence-corrected chi connectivity index (χ4v) is 2.25. The van der Waals surface area contributed by atoms with Crippen LogP contribution in [0.2, 0.25) is 5.02 Å². The Hall–Kier alpha value is -2.60. The Kier molecular flexibility index (Phi) is 4.66. The number of anilines is 1. The van der Waals surface area contributed by atoms with E-state index in [1.807, 2.05) is 32.0 Å². The van der Waals surface area contributed by atoms with Gasteiger partial charge in [-0.3, -0.25) is 4.79 Å². The molecule has 0 unspecified atom stereocenters. The van der Waals surface area contributed by atoms with Gasteiger partial charge in [-0.15, -0.1) is 5.10 Å². The number of furan rings is 1. The third-order valence-electron chi connectivity index (χ3n) is 3.41. The highest BCUT2D eigenvalue weighted by Crippen LogP contribution is 2.21. The number of nitrogens with one attached hydrogen (secondary N) is 1. The van der Waals surface area contributed by atoms with Crippen molar-refractivity contribution >= 4 is 23.5 Å². The van der Waals surface area contributed by atoms with E-state index in [1.165, 1.54) is 4.68 Å². The second kappa shape index (κ2) is 6.88. The van der Waals surface area contributed by atoms with Gasteiger partial charge in [0.05, 0.1) is 12.8 Å². The van der Waals surface area contributed by atoms with Crippen LogP contribution in [0.4, 0.5) is 5.95 Å². The fourth-order valence-electron chi connectivity index (χ4n) is 2.13. The van der Waals surface area contributed by atoms with Gasteiger partial charge in [0.2, 0.25) is 5.95 Å². The average Bonchev–Trinajstić information content (AvgIpc) is 3.22. The lowest BCUT2D eigenvalue weighted by Gasteiger charge is -2.07. The summed E-state index contributed by atoms with van der Waals surface area (Å²) in [6.45, 7) is 4.06. The molecule has 7 heteroatoms. The van der Waals surface area contributed by atoms with E-state index in [9.17, 15) is 4.79 Å². The molecule has 124 valence electrons. The summed E-state index contributed by atoms with van der Waals surface area (Å²) in [5.74, 6) is 1.26. The highest BCUT2D eigenvalue weighted by Gasteiger charge is 2.19. The van der Waals surface area contributed by atoms with E-state index in [0.717, 1.165) is 11.3 Å². The van der Waals surface area contributed by atoms with Gasteiger partial charge in [0.25, 0.3) is 5.91 Å². The molecule has 0 radical (unpaired) electrons. The van der Waals surface area contributed by atoms with Gasteiger partial charge >= 0.3 is 0 Å². The monoisotopic (exact) mass is 344 g/mol. The van der Waals surface area contributed by atoms with Crippen molar-refractivity contribution in [1.29, 1.82) is 0 Å². The third kappa shape index (κ3) is 3.49. The van der Waals surface area contributed by atoms with Crippen LogP contribution in [0.15, 0.2) is 47.1 Å². The Morgan fingerprint density at radius 2 is 2.04 bits per heavy atom. The largest absolute Gasteiger partial charge is 0.467 e. The van der Waals surface area contributed by atoms with Gasteiger partial charge in [-0.2, -0.15) is 9.67 Å². The van der Waals surface area contributed by atoms with Crippen molar-refractivity contribution in [2.24, 2.45) is 5.92 Å². The molecule has 0 aliphatic heterocycles. The minimum atomic E-state index is -0.200. The summed E-state index contributed by atoms with van der Waals surface area (Å²) >= 11 is 5.91. The van der Waals surface area contributed by atoms with Gasteiger partial charge in [0.1, 0.15) is 5.76 Å². The van der Waals surface area contributed by atoms with Crippen LogP contribution in [-0.4, -0.2) is 20.7 Å². The molecule has 24 heavy (non-hydrogen) atoms. The number of nitrogens with zero attached hydrogens (tertiary/aromatic N) is 3. The van der Waals surface area contributed by atoms with Gasteiger partial charge in [0, 0.05) is 16.5 Å². The minimum absolute atomic E-state index is 0.135. The van der Waals surface area contributed by atoms with Crippen LogP contribution in [0, 0.1) is 5.92 Å². The van der Waals surface area contributed by atoms with Crippen LogP contribution in [0.1, 0.15) is 24.4 Å². The van der Waals surface area contributed by atoms with Crippen molar-refractivity contribution in [2.75, 3.05) is 5.32 Å². The number of benzene rings is 1. The number of hydrogen-bond donors (Lipinski definition) is 1. The number of halogens is 1. The van der Waals surface area contributed by atoms with Crippen molar-refractivity contribution in [3.63, 3.8) is 0 Å². The van der Waals surface area contributed by atoms with Crippen molar-refractivity contribution < 1.29 is 9.21 Å². The van der Waals surface area contributed by atoms with Gasteiger partial charge < -0.3 is 9.73 Å². The summed E-state index contributed by atoms with van der Waals surface area (Å²) in [5.41, 5.74) is 0.788. The molecule has 0 fully saturated rings. The van der Waals surface area contributed by atoms with E-state index in [0.29, 0.717) is 23.3 Å². The summed E-state index contributed by atoms with van der Waals surface area (Å²) in [5, 5.41) is 8.08. The van der Waals surface area contributed by atoms with E-state index in [2.05, 4.69) is 15.4 Å². The third-order valence-corrected chi connectivity index (χ3v) is 3.67. The standard InChI is InChI=1S/C17H17ClN4O2/c1-11(2)16(23)22-17(19-10-14-4-3-9-24-14)20-15(21-22)12-5-7-13(18)8-6-12/h3-9,11H,10H2,1-2H3,(H,19,20,21). The van der Waals surface area contributed by atoms with Crippen LogP contribution in [0.3, 0.4) is 0 Å². The number of aromatic nitrogens is 3. The average molecular weight is 345 g/mol. The zero-order valence-electron chi connectivity index (χ0n) is 13.4. The summed E-state index contributed by atoms with van der Waals surface area (Å²) < 4.78 is 6.59. The molecule has 0 amide bonds. The smallest absolute Gasteiger partial charge is 0.252 e. The molecular weight excluding hydrogens is 328 g/mol. The Bertz CT molecular complexity index is 823. The van der Waals surface area contributed by atoms with Crippen molar-refractivity contribution in [3.05, 3.63) is 53.4 Å². The topological polar surface area (TPSA) is 73.0 Å². The predicted octanol–water partition coefficient (Wildman–Crippen LogP) is 4.10. The normalized spacial score (nSPS) is 11.0. The number of carbonyl (C=O) groups excluding carboxylic acids is 1. The van der Waals surface area contributed by atoms with E-state index < -0.39 is 0 Å². The molecule has 0 atom stereocenters. The molecule has 3 aromatic rings. The molecule has 0 saturated heterocycles. The molecule has 0 spiro atoms. The van der Waals surface area contributed by atoms with Crippen LogP contribution >= 0.6 is 11.6 Å². The second-order valence-electron chi connectivity index (χ2n) is 5.60. The lowest BCUT2D eigenvalue weighted by atomic mass is 10.2. The van der Waals surface area contributed by atoms with Crippen LogP contribution in [0.5, 0.6) is 0 Å². The molecule has 2 aromatic heterocycles. The number of carbonyl (C=O) groups is 1. The number of hydrogen-bond acceptors (Lipinski definition) is 5. The molecule has 0 aliphatic carbocycles. The van der Waals surface area contributed by atoms with Gasteiger partial charge in [-0.05, 0) is 36.4 Å². The first-order chi connectivity index (χ1) is 11.5. The molecule has 2 heterocycles. The summed E-state index contributed by atoms with van der Waals surface area (Å²) in [7, 11) is 0. The Labute approximate surface area is 144 Å². The number of rotatable bonds is 5. The van der Waals surface area contributed by atoms with Gasteiger partial charge in [-0.1, -0.05) is 25.4 Å². The van der Waals surface area contributed by atoms with Crippen molar-refractivity contribution in [2.45, 2.75) is 20.4 Å². The maximum absolute atomic E-state index is 12.4. The van der Waals surface area contributed by atoms with E-state index in [4.69, 9.17) is 16.0 Å². The van der Waals surface area contributed by atoms with E-state index in [-0.39, 0.29) is 11.8 Å². The Morgan fingerprint density at radius 1 is 1.29 bits per heavy atom. The quantitative estimate of drug-likeness (QED) is 0.754. The minimum Gasteiger partial charge on any atom is -0.467 e. The van der Waals surface area contributed by atoms with E-state index >= 15 is 0 Å². The fraction of sp³-hybridized carbons (Fsp3) is 0.235. The van der Waals surface area contributed by atoms with Gasteiger partial charge in [0.15, 0.2) is 5.82 Å². The second-order valence-corrected chi connectivity index (χ2v) is 6.04. The van der Waals surface area contributed by atoms with Crippen molar-refractivity contribution in [3.8, 4) is 11.4 Å². The SMILES string of the molecule is CC(C)C(=O)n1nc(-c2ccc(Cl)cc2)nc1NCc1ccco1. The molecular formula is C17H17ClN4O2. The molecule has 6 nitrogen and oxygen atoms in total. The Balaban J connectivity index is 1.92. The first kappa shape index (κ1) is 16.3. The molecule has 1 N–H and O–H groups in total. The lowest BCUT2D eigenvalue weighted by Crippen LogP contribution is -2.21. The highest BCUT2D eigenvalue weighted by molar-refractivity contribution is 6.30. The van der Waals surface area contributed by atoms with Crippen molar-refractivity contribution in [1.82, 2.24) is 14.8 Å².